The molecule has 96 valence electrons. The maximum atomic E-state index is 11.6. The van der Waals surface area contributed by atoms with Gasteiger partial charge in [-0.05, 0) is 12.1 Å². The maximum Gasteiger partial charge on any atom is 0.340 e. The smallest absolute Gasteiger partial charge is 0.340 e. The predicted octanol–water partition coefficient (Wildman–Crippen LogP) is 2.51. The van der Waals surface area contributed by atoms with Gasteiger partial charge in [-0.1, -0.05) is 42.5 Å². The first-order valence-electron chi connectivity index (χ1n) is 5.79. The van der Waals surface area contributed by atoms with Gasteiger partial charge in [0.15, 0.2) is 0 Å². The van der Waals surface area contributed by atoms with E-state index in [1.807, 2.05) is 30.3 Å². The van der Waals surface area contributed by atoms with E-state index in [0.717, 1.165) is 5.56 Å². The SMILES string of the molecule is COC(=O)c1ccccc1N=C(N)c1ccccc1. The monoisotopic (exact) mass is 254 g/mol. The first-order chi connectivity index (χ1) is 9.22. The number of hydrogen-bond acceptors (Lipinski definition) is 3. The molecular weight excluding hydrogens is 240 g/mol. The van der Waals surface area contributed by atoms with E-state index in [2.05, 4.69) is 4.99 Å². The van der Waals surface area contributed by atoms with Gasteiger partial charge in [-0.2, -0.15) is 0 Å². The summed E-state index contributed by atoms with van der Waals surface area (Å²) in [7, 11) is 1.34. The van der Waals surface area contributed by atoms with Crippen molar-refractivity contribution in [2.24, 2.45) is 10.7 Å². The second-order valence-corrected chi connectivity index (χ2v) is 3.87. The molecule has 2 aromatic rings. The van der Waals surface area contributed by atoms with Crippen molar-refractivity contribution in [3.63, 3.8) is 0 Å². The molecular formula is C15H14N2O2. The van der Waals surface area contributed by atoms with Crippen LogP contribution in [0.1, 0.15) is 15.9 Å². The molecule has 19 heavy (non-hydrogen) atoms. The number of nitrogens with two attached hydrogens (primary N) is 1. The third-order valence-corrected chi connectivity index (χ3v) is 2.62. The lowest BCUT2D eigenvalue weighted by Gasteiger charge is -2.05. The van der Waals surface area contributed by atoms with Gasteiger partial charge in [-0.15, -0.1) is 0 Å². The van der Waals surface area contributed by atoms with Crippen LogP contribution in [0.2, 0.25) is 0 Å². The van der Waals surface area contributed by atoms with Crippen LogP contribution in [0.25, 0.3) is 0 Å². The third-order valence-electron chi connectivity index (χ3n) is 2.62. The summed E-state index contributed by atoms with van der Waals surface area (Å²) in [6, 6.07) is 16.3. The van der Waals surface area contributed by atoms with Crippen LogP contribution in [-0.2, 0) is 4.74 Å². The van der Waals surface area contributed by atoms with Crippen molar-refractivity contribution in [1.29, 1.82) is 0 Å². The van der Waals surface area contributed by atoms with Crippen LogP contribution >= 0.6 is 0 Å². The lowest BCUT2D eigenvalue weighted by molar-refractivity contribution is 0.0602. The van der Waals surface area contributed by atoms with Crippen molar-refractivity contribution < 1.29 is 9.53 Å². The fourth-order valence-corrected chi connectivity index (χ4v) is 1.66. The molecule has 0 fully saturated rings. The number of ether oxygens (including phenoxy) is 1. The van der Waals surface area contributed by atoms with Crippen molar-refractivity contribution >= 4 is 17.5 Å². The standard InChI is InChI=1S/C15H14N2O2/c1-19-15(18)12-9-5-6-10-13(12)17-14(16)11-7-3-2-4-8-11/h2-10H,1H3,(H2,16,17). The predicted molar refractivity (Wildman–Crippen MR) is 74.6 cm³/mol. The first-order valence-corrected chi connectivity index (χ1v) is 5.79. The van der Waals surface area contributed by atoms with Crippen LogP contribution in [0.3, 0.4) is 0 Å². The molecule has 0 aliphatic heterocycles. The molecule has 0 aliphatic rings. The second-order valence-electron chi connectivity index (χ2n) is 3.87. The molecule has 0 aliphatic carbocycles. The molecule has 0 radical (unpaired) electrons. The van der Waals surface area contributed by atoms with Crippen molar-refractivity contribution in [3.05, 3.63) is 65.7 Å². The Balaban J connectivity index is 2.41. The molecule has 0 saturated heterocycles. The van der Waals surface area contributed by atoms with E-state index in [4.69, 9.17) is 10.5 Å². The topological polar surface area (TPSA) is 64.7 Å². The number of hydrogen-bond donors (Lipinski definition) is 1. The van der Waals surface area contributed by atoms with E-state index in [9.17, 15) is 4.79 Å². The quantitative estimate of drug-likeness (QED) is 0.520. The summed E-state index contributed by atoms with van der Waals surface area (Å²) < 4.78 is 4.72. The average Bonchev–Trinajstić information content (AvgIpc) is 2.48. The summed E-state index contributed by atoms with van der Waals surface area (Å²) >= 11 is 0. The maximum absolute atomic E-state index is 11.6. The molecule has 0 atom stereocenters. The number of carbonyl (C=O) groups is 1. The van der Waals surface area contributed by atoms with Crippen LogP contribution < -0.4 is 5.73 Å². The van der Waals surface area contributed by atoms with E-state index in [1.165, 1.54) is 7.11 Å². The van der Waals surface area contributed by atoms with Gasteiger partial charge in [-0.25, -0.2) is 9.79 Å². The van der Waals surface area contributed by atoms with Crippen molar-refractivity contribution in [3.8, 4) is 0 Å². The van der Waals surface area contributed by atoms with Crippen LogP contribution in [0.4, 0.5) is 5.69 Å². The summed E-state index contributed by atoms with van der Waals surface area (Å²) in [5.74, 6) is -0.0721. The Morgan fingerprint density at radius 3 is 2.37 bits per heavy atom. The highest BCUT2D eigenvalue weighted by Crippen LogP contribution is 2.20. The van der Waals surface area contributed by atoms with Gasteiger partial charge in [0.25, 0.3) is 0 Å². The Morgan fingerprint density at radius 2 is 1.68 bits per heavy atom. The van der Waals surface area contributed by atoms with Gasteiger partial charge < -0.3 is 10.5 Å². The van der Waals surface area contributed by atoms with E-state index >= 15 is 0 Å². The van der Waals surface area contributed by atoms with Gasteiger partial charge in [0.2, 0.25) is 0 Å². The number of para-hydroxylation sites is 1. The molecule has 0 amide bonds. The number of methoxy groups -OCH3 is 1. The number of nitrogens with zero attached hydrogens (tertiary/aromatic N) is 1. The Kier molecular flexibility index (Phi) is 3.93. The largest absolute Gasteiger partial charge is 0.465 e. The van der Waals surface area contributed by atoms with Crippen LogP contribution in [-0.4, -0.2) is 18.9 Å². The molecule has 4 nitrogen and oxygen atoms in total. The number of amidine groups is 1. The number of aliphatic imine (C=N–C) groups is 1. The van der Waals surface area contributed by atoms with Crippen molar-refractivity contribution in [2.75, 3.05) is 7.11 Å². The fourth-order valence-electron chi connectivity index (χ4n) is 1.66. The fraction of sp³-hybridized carbons (Fsp3) is 0.0667. The minimum absolute atomic E-state index is 0.358. The molecule has 2 aromatic carbocycles. The van der Waals surface area contributed by atoms with E-state index in [0.29, 0.717) is 17.1 Å². The third kappa shape index (κ3) is 2.98. The molecule has 0 saturated carbocycles. The highest BCUT2D eigenvalue weighted by Gasteiger charge is 2.10. The number of carbonyl (C=O) groups excluding carboxylic acids is 1. The van der Waals surface area contributed by atoms with E-state index in [-0.39, 0.29) is 0 Å². The lowest BCUT2D eigenvalue weighted by Crippen LogP contribution is -2.13. The molecule has 0 heterocycles. The summed E-state index contributed by atoms with van der Waals surface area (Å²) in [4.78, 5) is 15.9. The Hall–Kier alpha value is -2.62. The number of esters is 1. The molecule has 4 heteroatoms. The van der Waals surface area contributed by atoms with Crippen LogP contribution in [0, 0.1) is 0 Å². The highest BCUT2D eigenvalue weighted by molar-refractivity contribution is 6.01. The van der Waals surface area contributed by atoms with E-state index < -0.39 is 5.97 Å². The Morgan fingerprint density at radius 1 is 1.05 bits per heavy atom. The van der Waals surface area contributed by atoms with Gasteiger partial charge in [0.1, 0.15) is 5.84 Å². The van der Waals surface area contributed by atoms with Gasteiger partial charge in [0, 0.05) is 5.56 Å². The van der Waals surface area contributed by atoms with Gasteiger partial charge in [-0.3, -0.25) is 0 Å². The number of rotatable bonds is 3. The van der Waals surface area contributed by atoms with Crippen molar-refractivity contribution in [2.45, 2.75) is 0 Å². The normalized spacial score (nSPS) is 11.1. The first kappa shape index (κ1) is 12.8. The highest BCUT2D eigenvalue weighted by atomic mass is 16.5. The molecule has 2 N–H and O–H groups in total. The van der Waals surface area contributed by atoms with Gasteiger partial charge >= 0.3 is 5.97 Å². The zero-order valence-corrected chi connectivity index (χ0v) is 10.5. The van der Waals surface area contributed by atoms with Gasteiger partial charge in [0.05, 0.1) is 18.4 Å². The molecule has 0 unspecified atom stereocenters. The zero-order chi connectivity index (χ0) is 13.7. The minimum atomic E-state index is -0.430. The van der Waals surface area contributed by atoms with Crippen molar-refractivity contribution in [1.82, 2.24) is 0 Å². The minimum Gasteiger partial charge on any atom is -0.465 e. The summed E-state index contributed by atoms with van der Waals surface area (Å²) in [6.07, 6.45) is 0. The zero-order valence-electron chi connectivity index (χ0n) is 10.5. The Labute approximate surface area is 111 Å². The molecule has 0 bridgehead atoms. The second kappa shape index (κ2) is 5.82. The molecule has 2 rings (SSSR count). The average molecular weight is 254 g/mol. The van der Waals surface area contributed by atoms with E-state index in [1.54, 1.807) is 24.3 Å². The van der Waals surface area contributed by atoms with Crippen LogP contribution in [0.15, 0.2) is 59.6 Å². The lowest BCUT2D eigenvalue weighted by atomic mass is 10.1. The summed E-state index contributed by atoms with van der Waals surface area (Å²) in [6.45, 7) is 0. The summed E-state index contributed by atoms with van der Waals surface area (Å²) in [5, 5.41) is 0. The number of benzene rings is 2. The summed E-state index contributed by atoms with van der Waals surface area (Å²) in [5.41, 5.74) is 7.63. The molecule has 0 spiro atoms. The Bertz CT molecular complexity index is 607. The van der Waals surface area contributed by atoms with Crippen LogP contribution in [0.5, 0.6) is 0 Å². The molecule has 0 aromatic heterocycles.